The fourth-order valence-corrected chi connectivity index (χ4v) is 1.91. The molecule has 18 heavy (non-hydrogen) atoms. The normalized spacial score (nSPS) is 17.3. The molecule has 0 saturated carbocycles. The zero-order valence-corrected chi connectivity index (χ0v) is 11.2. The first-order valence-electron chi connectivity index (χ1n) is 6.54. The maximum atomic E-state index is 11.3. The molecule has 1 fully saturated rings. The van der Waals surface area contributed by atoms with Gasteiger partial charge in [0.15, 0.2) is 0 Å². The minimum Gasteiger partial charge on any atom is -0.355 e. The summed E-state index contributed by atoms with van der Waals surface area (Å²) in [5, 5.41) is 5.75. The molecule has 0 spiro atoms. The Balaban J connectivity index is 1.95. The summed E-state index contributed by atoms with van der Waals surface area (Å²) in [6.07, 6.45) is 6.08. The van der Waals surface area contributed by atoms with E-state index in [4.69, 9.17) is 6.42 Å². The van der Waals surface area contributed by atoms with Gasteiger partial charge in [0.1, 0.15) is 0 Å². The van der Waals surface area contributed by atoms with Gasteiger partial charge in [-0.05, 0) is 20.0 Å². The fraction of sp³-hybridized carbons (Fsp3) is 0.769. The lowest BCUT2D eigenvalue weighted by molar-refractivity contribution is -0.120. The first kappa shape index (κ1) is 15.0. The van der Waals surface area contributed by atoms with Gasteiger partial charge < -0.3 is 15.1 Å². The lowest BCUT2D eigenvalue weighted by Gasteiger charge is -2.32. The SMILES string of the molecule is C#CCNCC(=O)NCCCN1CCN(C)CC1. The first-order chi connectivity index (χ1) is 8.72. The summed E-state index contributed by atoms with van der Waals surface area (Å²) in [7, 11) is 2.15. The Morgan fingerprint density at radius 3 is 2.72 bits per heavy atom. The van der Waals surface area contributed by atoms with Crippen molar-refractivity contribution in [2.75, 3.05) is 59.4 Å². The van der Waals surface area contributed by atoms with E-state index < -0.39 is 0 Å². The summed E-state index contributed by atoms with van der Waals surface area (Å²) in [5.74, 6) is 2.45. The lowest BCUT2D eigenvalue weighted by Crippen LogP contribution is -2.45. The molecule has 0 aromatic heterocycles. The quantitative estimate of drug-likeness (QED) is 0.449. The minimum atomic E-state index is 0.0172. The van der Waals surface area contributed by atoms with Gasteiger partial charge in [0.05, 0.1) is 13.1 Å². The van der Waals surface area contributed by atoms with Crippen molar-refractivity contribution in [2.24, 2.45) is 0 Å². The van der Waals surface area contributed by atoms with Crippen molar-refractivity contribution in [3.63, 3.8) is 0 Å². The van der Waals surface area contributed by atoms with Gasteiger partial charge in [0.2, 0.25) is 5.91 Å². The van der Waals surface area contributed by atoms with Crippen LogP contribution in [0.3, 0.4) is 0 Å². The predicted molar refractivity (Wildman–Crippen MR) is 73.3 cm³/mol. The number of hydrogen-bond donors (Lipinski definition) is 2. The van der Waals surface area contributed by atoms with Gasteiger partial charge in [0, 0.05) is 32.7 Å². The number of hydrogen-bond acceptors (Lipinski definition) is 4. The Kier molecular flexibility index (Phi) is 7.42. The van der Waals surface area contributed by atoms with Crippen molar-refractivity contribution in [1.82, 2.24) is 20.4 Å². The number of amides is 1. The van der Waals surface area contributed by atoms with E-state index in [1.165, 1.54) is 0 Å². The second-order valence-corrected chi connectivity index (χ2v) is 4.66. The van der Waals surface area contributed by atoms with Gasteiger partial charge in [0.25, 0.3) is 0 Å². The standard InChI is InChI=1S/C13H24N4O/c1-3-5-14-12-13(18)15-6-4-7-17-10-8-16(2)9-11-17/h1,14H,4-12H2,2H3,(H,15,18). The molecule has 2 N–H and O–H groups in total. The Morgan fingerprint density at radius 1 is 1.33 bits per heavy atom. The molecule has 1 amide bonds. The Hall–Kier alpha value is -1.09. The largest absolute Gasteiger partial charge is 0.355 e. The van der Waals surface area contributed by atoms with Crippen LogP contribution in [0.15, 0.2) is 0 Å². The predicted octanol–water partition coefficient (Wildman–Crippen LogP) is -1.04. The molecule has 5 nitrogen and oxygen atoms in total. The van der Waals surface area contributed by atoms with Crippen molar-refractivity contribution in [2.45, 2.75) is 6.42 Å². The number of carbonyl (C=O) groups is 1. The average molecular weight is 252 g/mol. The highest BCUT2D eigenvalue weighted by Gasteiger charge is 2.12. The average Bonchev–Trinajstić information content (AvgIpc) is 2.37. The van der Waals surface area contributed by atoms with Crippen LogP contribution in [0.5, 0.6) is 0 Å². The molecule has 1 aliphatic heterocycles. The molecule has 1 heterocycles. The van der Waals surface area contributed by atoms with E-state index in [1.54, 1.807) is 0 Å². The van der Waals surface area contributed by atoms with E-state index in [9.17, 15) is 4.79 Å². The van der Waals surface area contributed by atoms with Crippen LogP contribution in [0.4, 0.5) is 0 Å². The van der Waals surface area contributed by atoms with E-state index in [1.807, 2.05) is 0 Å². The highest BCUT2D eigenvalue weighted by Crippen LogP contribution is 1.99. The van der Waals surface area contributed by atoms with Crippen molar-refractivity contribution in [3.05, 3.63) is 0 Å². The molecule has 102 valence electrons. The van der Waals surface area contributed by atoms with Crippen LogP contribution in [0.2, 0.25) is 0 Å². The van der Waals surface area contributed by atoms with Crippen LogP contribution in [-0.4, -0.2) is 75.1 Å². The summed E-state index contributed by atoms with van der Waals surface area (Å²) in [5.41, 5.74) is 0. The van der Waals surface area contributed by atoms with Crippen LogP contribution in [-0.2, 0) is 4.79 Å². The van der Waals surface area contributed by atoms with Crippen LogP contribution < -0.4 is 10.6 Å². The van der Waals surface area contributed by atoms with E-state index in [0.29, 0.717) is 13.1 Å². The molecule has 0 radical (unpaired) electrons. The van der Waals surface area contributed by atoms with E-state index in [-0.39, 0.29) is 5.91 Å². The number of piperazine rings is 1. The van der Waals surface area contributed by atoms with Crippen molar-refractivity contribution in [3.8, 4) is 12.3 Å². The number of carbonyl (C=O) groups excluding carboxylic acids is 1. The number of nitrogens with zero attached hydrogens (tertiary/aromatic N) is 2. The van der Waals surface area contributed by atoms with E-state index in [0.717, 1.165) is 45.7 Å². The molecule has 0 aromatic carbocycles. The van der Waals surface area contributed by atoms with E-state index >= 15 is 0 Å². The molecule has 1 saturated heterocycles. The third-order valence-corrected chi connectivity index (χ3v) is 3.08. The second-order valence-electron chi connectivity index (χ2n) is 4.66. The molecule has 0 aromatic rings. The molecular weight excluding hydrogens is 228 g/mol. The Labute approximate surface area is 110 Å². The lowest BCUT2D eigenvalue weighted by atomic mass is 10.3. The smallest absolute Gasteiger partial charge is 0.233 e. The van der Waals surface area contributed by atoms with Gasteiger partial charge in [-0.25, -0.2) is 0 Å². The maximum Gasteiger partial charge on any atom is 0.233 e. The first-order valence-corrected chi connectivity index (χ1v) is 6.54. The maximum absolute atomic E-state index is 11.3. The van der Waals surface area contributed by atoms with Gasteiger partial charge in [-0.15, -0.1) is 6.42 Å². The topological polar surface area (TPSA) is 47.6 Å². The van der Waals surface area contributed by atoms with Crippen molar-refractivity contribution in [1.29, 1.82) is 0 Å². The number of nitrogens with one attached hydrogen (secondary N) is 2. The van der Waals surface area contributed by atoms with Gasteiger partial charge in [-0.1, -0.05) is 5.92 Å². The summed E-state index contributed by atoms with van der Waals surface area (Å²) >= 11 is 0. The second kappa shape index (κ2) is 8.92. The molecule has 0 bridgehead atoms. The summed E-state index contributed by atoms with van der Waals surface area (Å²) in [6.45, 7) is 7.09. The molecule has 0 unspecified atom stereocenters. The Bertz CT molecular complexity index is 279. The fourth-order valence-electron chi connectivity index (χ4n) is 1.91. The molecule has 5 heteroatoms. The highest BCUT2D eigenvalue weighted by molar-refractivity contribution is 5.77. The Morgan fingerprint density at radius 2 is 2.06 bits per heavy atom. The van der Waals surface area contributed by atoms with Crippen LogP contribution in [0, 0.1) is 12.3 Å². The molecule has 0 aliphatic carbocycles. The monoisotopic (exact) mass is 252 g/mol. The number of rotatable bonds is 7. The highest BCUT2D eigenvalue weighted by atomic mass is 16.1. The van der Waals surface area contributed by atoms with Crippen LogP contribution in [0.25, 0.3) is 0 Å². The minimum absolute atomic E-state index is 0.0172. The number of likely N-dealkylation sites (N-methyl/N-ethyl adjacent to an activating group) is 1. The molecule has 1 aliphatic rings. The third kappa shape index (κ3) is 6.60. The molecule has 1 rings (SSSR count). The van der Waals surface area contributed by atoms with Crippen LogP contribution >= 0.6 is 0 Å². The van der Waals surface area contributed by atoms with E-state index in [2.05, 4.69) is 33.4 Å². The zero-order chi connectivity index (χ0) is 13.2. The van der Waals surface area contributed by atoms with Crippen molar-refractivity contribution >= 4 is 5.91 Å². The molecule has 0 atom stereocenters. The third-order valence-electron chi connectivity index (χ3n) is 3.08. The summed E-state index contributed by atoms with van der Waals surface area (Å²) < 4.78 is 0. The molecular formula is C13H24N4O. The van der Waals surface area contributed by atoms with Gasteiger partial charge in [-0.2, -0.15) is 0 Å². The summed E-state index contributed by atoms with van der Waals surface area (Å²) in [4.78, 5) is 16.1. The summed E-state index contributed by atoms with van der Waals surface area (Å²) in [6, 6.07) is 0. The van der Waals surface area contributed by atoms with Gasteiger partial charge >= 0.3 is 0 Å². The van der Waals surface area contributed by atoms with Crippen molar-refractivity contribution < 1.29 is 4.79 Å². The number of terminal acetylenes is 1. The zero-order valence-electron chi connectivity index (χ0n) is 11.2. The van der Waals surface area contributed by atoms with Crippen LogP contribution in [0.1, 0.15) is 6.42 Å². The van der Waals surface area contributed by atoms with Gasteiger partial charge in [-0.3, -0.25) is 10.1 Å².